The second kappa shape index (κ2) is 7.44. The average molecular weight is 394 g/mol. The van der Waals surface area contributed by atoms with Crippen LogP contribution in [0.5, 0.6) is 0 Å². The lowest BCUT2D eigenvalue weighted by Gasteiger charge is -2.31. The molecule has 128 valence electrons. The zero-order valence-corrected chi connectivity index (χ0v) is 15.2. The highest BCUT2D eigenvalue weighted by atomic mass is 79.9. The lowest BCUT2D eigenvalue weighted by atomic mass is 9.98. The Bertz CT molecular complexity index is 805. The normalized spacial score (nSPS) is 18.7. The van der Waals surface area contributed by atoms with Crippen LogP contribution in [0.2, 0.25) is 0 Å². The highest BCUT2D eigenvalue weighted by molar-refractivity contribution is 9.10. The van der Waals surface area contributed by atoms with Crippen LogP contribution in [-0.4, -0.2) is 40.0 Å². The third kappa shape index (κ3) is 3.84. The first-order valence-electron chi connectivity index (χ1n) is 8.13. The summed E-state index contributed by atoms with van der Waals surface area (Å²) in [7, 11) is 0. The van der Waals surface area contributed by atoms with Crippen LogP contribution in [0.1, 0.15) is 25.5 Å². The van der Waals surface area contributed by atoms with Crippen LogP contribution >= 0.6 is 15.9 Å². The van der Waals surface area contributed by atoms with Gasteiger partial charge in [-0.1, -0.05) is 0 Å². The Balaban J connectivity index is 1.76. The zero-order chi connectivity index (χ0) is 17.1. The molecule has 0 bridgehead atoms. The third-order valence-corrected chi connectivity index (χ3v) is 4.66. The topological polar surface area (TPSA) is 63.9 Å². The highest BCUT2D eigenvalue weighted by Crippen LogP contribution is 2.19. The molecule has 1 saturated heterocycles. The molecule has 2 aromatic heterocycles. The van der Waals surface area contributed by atoms with Crippen LogP contribution in [0.4, 0.5) is 0 Å². The van der Waals surface area contributed by atoms with Gasteiger partial charge in [-0.15, -0.1) is 0 Å². The maximum absolute atomic E-state index is 12.3. The summed E-state index contributed by atoms with van der Waals surface area (Å²) in [6.45, 7) is 4.35. The standard InChI is InChI=1S/C17H20BrN3O3/c1-2-24-17(23)12-4-3-7-20(9-12)11-14-8-16(22)21-10-13(18)5-6-15(21)19-14/h5-6,8,10,12H,2-4,7,9,11H2,1H3/t12-/m0/s1. The van der Waals surface area contributed by atoms with Crippen molar-refractivity contribution in [1.82, 2.24) is 14.3 Å². The molecule has 7 heteroatoms. The minimum atomic E-state index is -0.126. The smallest absolute Gasteiger partial charge is 0.310 e. The van der Waals surface area contributed by atoms with Crippen LogP contribution in [0, 0.1) is 5.92 Å². The molecule has 1 aliphatic rings. The van der Waals surface area contributed by atoms with Gasteiger partial charge in [0.25, 0.3) is 5.56 Å². The van der Waals surface area contributed by atoms with Gasteiger partial charge in [0.2, 0.25) is 0 Å². The number of rotatable bonds is 4. The van der Waals surface area contributed by atoms with E-state index in [0.717, 1.165) is 29.6 Å². The lowest BCUT2D eigenvalue weighted by molar-refractivity contribution is -0.150. The summed E-state index contributed by atoms with van der Waals surface area (Å²) < 4.78 is 7.48. The monoisotopic (exact) mass is 393 g/mol. The molecule has 3 heterocycles. The van der Waals surface area contributed by atoms with Gasteiger partial charge in [0, 0.05) is 29.8 Å². The summed E-state index contributed by atoms with van der Waals surface area (Å²) in [5, 5.41) is 0. The van der Waals surface area contributed by atoms with Crippen molar-refractivity contribution in [1.29, 1.82) is 0 Å². The lowest BCUT2D eigenvalue weighted by Crippen LogP contribution is -2.39. The second-order valence-electron chi connectivity index (χ2n) is 5.99. The fourth-order valence-corrected chi connectivity index (χ4v) is 3.42. The van der Waals surface area contributed by atoms with E-state index in [2.05, 4.69) is 25.8 Å². The summed E-state index contributed by atoms with van der Waals surface area (Å²) in [5.41, 5.74) is 1.25. The molecule has 2 aromatic rings. The van der Waals surface area contributed by atoms with Crippen LogP contribution < -0.4 is 5.56 Å². The minimum Gasteiger partial charge on any atom is -0.466 e. The van der Waals surface area contributed by atoms with E-state index < -0.39 is 0 Å². The molecule has 1 atom stereocenters. The maximum Gasteiger partial charge on any atom is 0.310 e. The molecule has 0 spiro atoms. The minimum absolute atomic E-state index is 0.0868. The fraction of sp³-hybridized carbons (Fsp3) is 0.471. The highest BCUT2D eigenvalue weighted by Gasteiger charge is 2.27. The molecule has 0 amide bonds. The molecule has 1 aliphatic heterocycles. The van der Waals surface area contributed by atoms with E-state index in [1.165, 1.54) is 4.40 Å². The average Bonchev–Trinajstić information content (AvgIpc) is 2.56. The molecule has 0 aromatic carbocycles. The van der Waals surface area contributed by atoms with E-state index in [4.69, 9.17) is 4.74 Å². The molecular formula is C17H20BrN3O3. The number of aromatic nitrogens is 2. The Morgan fingerprint density at radius 2 is 2.29 bits per heavy atom. The summed E-state index contributed by atoms with van der Waals surface area (Å²) in [5.74, 6) is -0.213. The number of pyridine rings is 1. The number of fused-ring (bicyclic) bond motifs is 1. The predicted octanol–water partition coefficient (Wildman–Crippen LogP) is 2.23. The number of carbonyl (C=O) groups excluding carboxylic acids is 1. The van der Waals surface area contributed by atoms with Crippen LogP contribution in [0.25, 0.3) is 5.65 Å². The van der Waals surface area contributed by atoms with Crippen molar-refractivity contribution >= 4 is 27.5 Å². The molecule has 3 rings (SSSR count). The number of esters is 1. The third-order valence-electron chi connectivity index (χ3n) is 4.19. The number of halogens is 1. The van der Waals surface area contributed by atoms with Crippen molar-refractivity contribution < 1.29 is 9.53 Å². The van der Waals surface area contributed by atoms with E-state index in [9.17, 15) is 9.59 Å². The van der Waals surface area contributed by atoms with Gasteiger partial charge in [0.1, 0.15) is 5.65 Å². The van der Waals surface area contributed by atoms with E-state index >= 15 is 0 Å². The number of carbonyl (C=O) groups is 1. The summed E-state index contributed by atoms with van der Waals surface area (Å²) >= 11 is 3.36. The van der Waals surface area contributed by atoms with Crippen molar-refractivity contribution in [2.45, 2.75) is 26.3 Å². The van der Waals surface area contributed by atoms with E-state index in [1.54, 1.807) is 12.3 Å². The largest absolute Gasteiger partial charge is 0.466 e. The molecule has 1 fully saturated rings. The first-order chi connectivity index (χ1) is 11.6. The van der Waals surface area contributed by atoms with E-state index in [-0.39, 0.29) is 17.4 Å². The summed E-state index contributed by atoms with van der Waals surface area (Å²) in [6.07, 6.45) is 3.52. The van der Waals surface area contributed by atoms with Gasteiger partial charge >= 0.3 is 5.97 Å². The van der Waals surface area contributed by atoms with Crippen LogP contribution in [0.15, 0.2) is 33.7 Å². The second-order valence-corrected chi connectivity index (χ2v) is 6.90. The first kappa shape index (κ1) is 17.1. The maximum atomic E-state index is 12.3. The molecule has 24 heavy (non-hydrogen) atoms. The number of hydrogen-bond acceptors (Lipinski definition) is 5. The van der Waals surface area contributed by atoms with Gasteiger partial charge in [-0.3, -0.25) is 18.9 Å². The van der Waals surface area contributed by atoms with Crippen molar-refractivity contribution in [3.05, 3.63) is 44.9 Å². The number of nitrogens with zero attached hydrogens (tertiary/aromatic N) is 3. The van der Waals surface area contributed by atoms with E-state index in [1.807, 2.05) is 19.1 Å². The predicted molar refractivity (Wildman–Crippen MR) is 93.8 cm³/mol. The molecule has 0 unspecified atom stereocenters. The fourth-order valence-electron chi connectivity index (χ4n) is 3.09. The molecule has 0 aliphatic carbocycles. The Morgan fingerprint density at radius 1 is 1.46 bits per heavy atom. The van der Waals surface area contributed by atoms with Gasteiger partial charge in [-0.05, 0) is 54.4 Å². The Morgan fingerprint density at radius 3 is 3.08 bits per heavy atom. The SMILES string of the molecule is CCOC(=O)[C@H]1CCCN(Cc2cc(=O)n3cc(Br)ccc3n2)C1. The van der Waals surface area contributed by atoms with Gasteiger partial charge in [0.05, 0.1) is 18.2 Å². The molecular weight excluding hydrogens is 374 g/mol. The van der Waals surface area contributed by atoms with Crippen molar-refractivity contribution in [3.8, 4) is 0 Å². The zero-order valence-electron chi connectivity index (χ0n) is 13.6. The molecule has 0 N–H and O–H groups in total. The van der Waals surface area contributed by atoms with Crippen molar-refractivity contribution in [2.24, 2.45) is 5.92 Å². The Labute approximate surface area is 148 Å². The van der Waals surface area contributed by atoms with Gasteiger partial charge < -0.3 is 4.74 Å². The first-order valence-corrected chi connectivity index (χ1v) is 8.93. The number of ether oxygens (including phenoxy) is 1. The van der Waals surface area contributed by atoms with Gasteiger partial charge in [-0.2, -0.15) is 0 Å². The van der Waals surface area contributed by atoms with Crippen LogP contribution in [-0.2, 0) is 16.1 Å². The Kier molecular flexibility index (Phi) is 5.30. The van der Waals surface area contributed by atoms with E-state index in [0.29, 0.717) is 25.3 Å². The molecule has 6 nitrogen and oxygen atoms in total. The number of likely N-dealkylation sites (tertiary alicyclic amines) is 1. The van der Waals surface area contributed by atoms with Crippen molar-refractivity contribution in [3.63, 3.8) is 0 Å². The molecule has 0 radical (unpaired) electrons. The summed E-state index contributed by atoms with van der Waals surface area (Å²) in [4.78, 5) is 30.9. The molecule has 0 saturated carbocycles. The number of piperidine rings is 1. The van der Waals surface area contributed by atoms with Gasteiger partial charge in [0.15, 0.2) is 0 Å². The quantitative estimate of drug-likeness (QED) is 0.745. The summed E-state index contributed by atoms with van der Waals surface area (Å²) in [6, 6.07) is 5.24. The Hall–Kier alpha value is -1.73. The van der Waals surface area contributed by atoms with Crippen LogP contribution in [0.3, 0.4) is 0 Å². The number of hydrogen-bond donors (Lipinski definition) is 0. The van der Waals surface area contributed by atoms with Crippen molar-refractivity contribution in [2.75, 3.05) is 19.7 Å². The van der Waals surface area contributed by atoms with Gasteiger partial charge in [-0.25, -0.2) is 4.98 Å².